The predicted octanol–water partition coefficient (Wildman–Crippen LogP) is 3.32. The first kappa shape index (κ1) is 28.2. The van der Waals surface area contributed by atoms with Gasteiger partial charge in [-0.25, -0.2) is 4.79 Å². The third kappa shape index (κ3) is 6.99. The largest absolute Gasteiger partial charge is 0.444 e. The number of hydrogen-bond donors (Lipinski definition) is 1. The third-order valence-corrected chi connectivity index (χ3v) is 8.09. The van der Waals surface area contributed by atoms with Crippen molar-refractivity contribution in [2.24, 2.45) is 0 Å². The van der Waals surface area contributed by atoms with Crippen LogP contribution in [0.25, 0.3) is 0 Å². The molecule has 0 bridgehead atoms. The number of rotatable bonds is 6. The second-order valence-corrected chi connectivity index (χ2v) is 12.0. The summed E-state index contributed by atoms with van der Waals surface area (Å²) in [5.74, 6) is -0.0690. The van der Waals surface area contributed by atoms with Crippen LogP contribution in [0.5, 0.6) is 0 Å². The molecule has 3 saturated heterocycles. The summed E-state index contributed by atoms with van der Waals surface area (Å²) < 4.78 is 5.53. The zero-order chi connectivity index (χ0) is 27.4. The topological polar surface area (TPSA) is 99.3 Å². The van der Waals surface area contributed by atoms with Crippen LogP contribution in [0.1, 0.15) is 86.7 Å². The van der Waals surface area contributed by atoms with E-state index in [9.17, 15) is 19.2 Å². The van der Waals surface area contributed by atoms with Crippen LogP contribution in [0.4, 0.5) is 4.79 Å². The van der Waals surface area contributed by atoms with E-state index in [-0.39, 0.29) is 23.9 Å². The lowest BCUT2D eigenvalue weighted by Gasteiger charge is -2.42. The first-order valence-electron chi connectivity index (χ1n) is 13.9. The molecular weight excluding hydrogens is 484 g/mol. The van der Waals surface area contributed by atoms with Gasteiger partial charge < -0.3 is 14.5 Å². The molecule has 0 spiro atoms. The van der Waals surface area contributed by atoms with Crippen molar-refractivity contribution in [3.05, 3.63) is 34.9 Å². The smallest absolute Gasteiger partial charge is 0.410 e. The molecule has 38 heavy (non-hydrogen) atoms. The van der Waals surface area contributed by atoms with Crippen molar-refractivity contribution in [2.75, 3.05) is 33.2 Å². The number of amides is 3. The summed E-state index contributed by atoms with van der Waals surface area (Å²) in [6, 6.07) is 6.21. The lowest BCUT2D eigenvalue weighted by molar-refractivity contribution is -0.137. The molecule has 0 aliphatic carbocycles. The number of nitrogens with zero attached hydrogens (tertiary/aromatic N) is 3. The second-order valence-electron chi connectivity index (χ2n) is 12.0. The molecule has 3 aliphatic heterocycles. The minimum absolute atomic E-state index is 0.215. The first-order chi connectivity index (χ1) is 18.0. The van der Waals surface area contributed by atoms with E-state index < -0.39 is 5.60 Å². The molecule has 1 aromatic rings. The second kappa shape index (κ2) is 11.9. The Kier molecular flexibility index (Phi) is 8.88. The van der Waals surface area contributed by atoms with Gasteiger partial charge in [-0.3, -0.25) is 24.6 Å². The summed E-state index contributed by atoms with van der Waals surface area (Å²) in [6.45, 7) is 9.66. The average Bonchev–Trinajstić information content (AvgIpc) is 2.88. The summed E-state index contributed by atoms with van der Waals surface area (Å²) in [6.07, 6.45) is 5.52. The van der Waals surface area contributed by atoms with Gasteiger partial charge in [0.25, 0.3) is 0 Å². The van der Waals surface area contributed by atoms with E-state index in [1.165, 1.54) is 5.56 Å². The Morgan fingerprint density at radius 3 is 2.37 bits per heavy atom. The molecular formula is C29H42N4O5. The van der Waals surface area contributed by atoms with Crippen LogP contribution in [-0.4, -0.2) is 89.8 Å². The Bertz CT molecular complexity index is 1040. The molecule has 0 aromatic heterocycles. The Labute approximate surface area is 225 Å². The van der Waals surface area contributed by atoms with Crippen molar-refractivity contribution in [1.82, 2.24) is 20.0 Å². The lowest BCUT2D eigenvalue weighted by atomic mass is 9.86. The van der Waals surface area contributed by atoms with Crippen molar-refractivity contribution >= 4 is 24.2 Å². The van der Waals surface area contributed by atoms with E-state index in [0.717, 1.165) is 63.7 Å². The van der Waals surface area contributed by atoms with Crippen LogP contribution >= 0.6 is 0 Å². The van der Waals surface area contributed by atoms with Crippen molar-refractivity contribution in [2.45, 2.75) is 89.4 Å². The standard InChI is InChI=1S/C29H42N4O5/c1-29(2,3)38-28(37)33-15-11-24(12-16-33)32-13-9-20(10-14-32)21-5-6-22(19-34)23(17-21)18-31(4)25-7-8-26(35)30-27(25)36/h5-6,17,19-20,24-25H,7-16,18H2,1-4H3,(H,30,35,36). The van der Waals surface area contributed by atoms with Crippen LogP contribution < -0.4 is 5.32 Å². The zero-order valence-electron chi connectivity index (χ0n) is 23.2. The molecule has 3 fully saturated rings. The summed E-state index contributed by atoms with van der Waals surface area (Å²) in [5, 5.41) is 2.42. The molecule has 1 atom stereocenters. The predicted molar refractivity (Wildman–Crippen MR) is 144 cm³/mol. The first-order valence-corrected chi connectivity index (χ1v) is 13.9. The van der Waals surface area contributed by atoms with Crippen LogP contribution in [-0.2, 0) is 20.9 Å². The molecule has 4 rings (SSSR count). The van der Waals surface area contributed by atoms with Gasteiger partial charge in [0.1, 0.15) is 11.9 Å². The number of nitrogens with one attached hydrogen (secondary N) is 1. The molecule has 9 heteroatoms. The Morgan fingerprint density at radius 1 is 1.08 bits per heavy atom. The summed E-state index contributed by atoms with van der Waals surface area (Å²) in [7, 11) is 1.87. The fraction of sp³-hybridized carbons (Fsp3) is 0.655. The normalized spacial score (nSPS) is 22.4. The van der Waals surface area contributed by atoms with E-state index in [2.05, 4.69) is 22.3 Å². The van der Waals surface area contributed by atoms with Gasteiger partial charge in [-0.15, -0.1) is 0 Å². The number of benzene rings is 1. The molecule has 1 aromatic carbocycles. The molecule has 208 valence electrons. The maximum atomic E-state index is 12.4. The quantitative estimate of drug-likeness (QED) is 0.448. The number of carbonyl (C=O) groups excluding carboxylic acids is 4. The number of likely N-dealkylation sites (tertiary alicyclic amines) is 2. The molecule has 1 unspecified atom stereocenters. The van der Waals surface area contributed by atoms with E-state index in [1.54, 1.807) is 0 Å². The van der Waals surface area contributed by atoms with Gasteiger partial charge in [-0.1, -0.05) is 18.2 Å². The fourth-order valence-electron chi connectivity index (χ4n) is 5.95. The monoisotopic (exact) mass is 526 g/mol. The van der Waals surface area contributed by atoms with Crippen molar-refractivity contribution in [3.63, 3.8) is 0 Å². The number of aldehydes is 1. The average molecular weight is 527 g/mol. The zero-order valence-corrected chi connectivity index (χ0v) is 23.2. The third-order valence-electron chi connectivity index (χ3n) is 8.09. The maximum Gasteiger partial charge on any atom is 0.410 e. The Morgan fingerprint density at radius 2 is 1.76 bits per heavy atom. The number of piperidine rings is 3. The van der Waals surface area contributed by atoms with E-state index in [0.29, 0.717) is 36.9 Å². The number of likely N-dealkylation sites (N-methyl/N-ethyl adjacent to an activating group) is 1. The van der Waals surface area contributed by atoms with E-state index in [4.69, 9.17) is 4.74 Å². The lowest BCUT2D eigenvalue weighted by Crippen LogP contribution is -2.51. The van der Waals surface area contributed by atoms with Crippen molar-refractivity contribution in [3.8, 4) is 0 Å². The Hall–Kier alpha value is -2.78. The number of carbonyl (C=O) groups is 4. The minimum atomic E-state index is -0.472. The van der Waals surface area contributed by atoms with Gasteiger partial charge in [0.15, 0.2) is 0 Å². The molecule has 3 aliphatic rings. The molecule has 9 nitrogen and oxygen atoms in total. The van der Waals surface area contributed by atoms with E-state index >= 15 is 0 Å². The highest BCUT2D eigenvalue weighted by molar-refractivity contribution is 6.00. The van der Waals surface area contributed by atoms with Gasteiger partial charge in [-0.2, -0.15) is 0 Å². The minimum Gasteiger partial charge on any atom is -0.444 e. The summed E-state index contributed by atoms with van der Waals surface area (Å²) >= 11 is 0. The molecule has 1 N–H and O–H groups in total. The summed E-state index contributed by atoms with van der Waals surface area (Å²) in [4.78, 5) is 54.3. The molecule has 0 saturated carbocycles. The summed E-state index contributed by atoms with van der Waals surface area (Å²) in [5.41, 5.74) is 2.32. The van der Waals surface area contributed by atoms with Crippen LogP contribution in [0.2, 0.25) is 0 Å². The van der Waals surface area contributed by atoms with Gasteiger partial charge in [0.05, 0.1) is 6.04 Å². The SMILES string of the molecule is CN(Cc1cc(C2CCN(C3CCN(C(=O)OC(C)(C)C)CC3)CC2)ccc1C=O)C1CCC(=O)NC1=O. The van der Waals surface area contributed by atoms with E-state index in [1.807, 2.05) is 43.7 Å². The van der Waals surface area contributed by atoms with Crippen LogP contribution in [0.15, 0.2) is 18.2 Å². The number of hydrogen-bond acceptors (Lipinski definition) is 7. The van der Waals surface area contributed by atoms with Gasteiger partial charge in [0.2, 0.25) is 11.8 Å². The van der Waals surface area contributed by atoms with Gasteiger partial charge >= 0.3 is 6.09 Å². The molecule has 3 heterocycles. The van der Waals surface area contributed by atoms with Gasteiger partial charge in [0, 0.05) is 37.7 Å². The van der Waals surface area contributed by atoms with Crippen LogP contribution in [0.3, 0.4) is 0 Å². The fourth-order valence-corrected chi connectivity index (χ4v) is 5.95. The maximum absolute atomic E-state index is 12.4. The highest BCUT2D eigenvalue weighted by Gasteiger charge is 2.33. The highest BCUT2D eigenvalue weighted by Crippen LogP contribution is 2.32. The van der Waals surface area contributed by atoms with Crippen molar-refractivity contribution in [1.29, 1.82) is 0 Å². The van der Waals surface area contributed by atoms with Crippen LogP contribution in [0, 0.1) is 0 Å². The molecule has 3 amide bonds. The van der Waals surface area contributed by atoms with Gasteiger partial charge in [-0.05, 0) is 90.1 Å². The Balaban J connectivity index is 1.31. The van der Waals surface area contributed by atoms with Crippen molar-refractivity contribution < 1.29 is 23.9 Å². The number of ether oxygens (including phenoxy) is 1. The number of imide groups is 1. The highest BCUT2D eigenvalue weighted by atomic mass is 16.6. The molecule has 0 radical (unpaired) electrons.